The molecule has 0 bridgehead atoms. The van der Waals surface area contributed by atoms with Gasteiger partial charge < -0.3 is 4.74 Å². The average Bonchev–Trinajstić information content (AvgIpc) is 2.83. The van der Waals surface area contributed by atoms with Gasteiger partial charge in [-0.25, -0.2) is 0 Å². The monoisotopic (exact) mass is 460 g/mol. The summed E-state index contributed by atoms with van der Waals surface area (Å²) in [4.78, 5) is 0. The molecule has 2 aromatic carbocycles. The molecule has 33 heavy (non-hydrogen) atoms. The number of unbranched alkanes of at least 4 members (excludes halogenated alkanes) is 6. The predicted molar refractivity (Wildman–Crippen MR) is 130 cm³/mol. The van der Waals surface area contributed by atoms with Crippen LogP contribution in [0.5, 0.6) is 5.75 Å². The Morgan fingerprint density at radius 3 is 1.97 bits per heavy atom. The Hall–Kier alpha value is -1.97. The summed E-state index contributed by atoms with van der Waals surface area (Å²) in [6.45, 7) is 2.63. The molecular formula is C29H39F3O. The third kappa shape index (κ3) is 8.72. The van der Waals surface area contributed by atoms with Crippen LogP contribution in [0.3, 0.4) is 0 Å². The first kappa shape index (κ1) is 25.6. The Balaban J connectivity index is 1.35. The summed E-state index contributed by atoms with van der Waals surface area (Å²) in [7, 11) is 0. The van der Waals surface area contributed by atoms with Crippen LogP contribution in [-0.4, -0.2) is 0 Å². The van der Waals surface area contributed by atoms with E-state index in [1.54, 1.807) is 0 Å². The fraction of sp³-hybridized carbons (Fsp3) is 0.586. The zero-order valence-electron chi connectivity index (χ0n) is 20.0. The van der Waals surface area contributed by atoms with E-state index in [9.17, 15) is 13.2 Å². The molecule has 1 saturated carbocycles. The fourth-order valence-electron chi connectivity index (χ4n) is 4.97. The van der Waals surface area contributed by atoms with Crippen LogP contribution in [0.25, 0.3) is 0 Å². The summed E-state index contributed by atoms with van der Waals surface area (Å²) < 4.78 is 43.6. The van der Waals surface area contributed by atoms with Crippen molar-refractivity contribution < 1.29 is 17.9 Å². The van der Waals surface area contributed by atoms with Crippen molar-refractivity contribution in [2.45, 2.75) is 103 Å². The van der Waals surface area contributed by atoms with Crippen molar-refractivity contribution in [1.29, 1.82) is 0 Å². The van der Waals surface area contributed by atoms with E-state index in [1.165, 1.54) is 94.7 Å². The third-order valence-corrected chi connectivity index (χ3v) is 7.10. The molecule has 1 aliphatic rings. The summed E-state index contributed by atoms with van der Waals surface area (Å²) in [6, 6.07) is 13.4. The smallest absolute Gasteiger partial charge is 0.416 e. The number of benzene rings is 2. The minimum Gasteiger partial charge on any atom is -0.489 e. The van der Waals surface area contributed by atoms with Gasteiger partial charge in [0.1, 0.15) is 12.4 Å². The van der Waals surface area contributed by atoms with E-state index in [-0.39, 0.29) is 0 Å². The van der Waals surface area contributed by atoms with Gasteiger partial charge in [-0.2, -0.15) is 13.2 Å². The van der Waals surface area contributed by atoms with E-state index >= 15 is 0 Å². The van der Waals surface area contributed by atoms with Crippen molar-refractivity contribution in [3.05, 3.63) is 65.2 Å². The Morgan fingerprint density at radius 1 is 0.758 bits per heavy atom. The van der Waals surface area contributed by atoms with Crippen molar-refractivity contribution in [3.63, 3.8) is 0 Å². The van der Waals surface area contributed by atoms with Crippen molar-refractivity contribution in [1.82, 2.24) is 0 Å². The molecule has 2 aromatic rings. The largest absolute Gasteiger partial charge is 0.489 e. The molecule has 0 aromatic heterocycles. The molecule has 3 rings (SSSR count). The third-order valence-electron chi connectivity index (χ3n) is 7.10. The molecule has 0 radical (unpaired) electrons. The molecule has 0 saturated heterocycles. The molecule has 1 aliphatic carbocycles. The number of ether oxygens (including phenoxy) is 1. The van der Waals surface area contributed by atoms with Crippen LogP contribution in [0, 0.1) is 5.92 Å². The summed E-state index contributed by atoms with van der Waals surface area (Å²) >= 11 is 0. The number of rotatable bonds is 12. The highest BCUT2D eigenvalue weighted by molar-refractivity contribution is 5.30. The summed E-state index contributed by atoms with van der Waals surface area (Å²) in [5.41, 5.74) is 1.78. The Bertz CT molecular complexity index is 787. The quantitative estimate of drug-likeness (QED) is 0.286. The summed E-state index contributed by atoms with van der Waals surface area (Å²) in [5.74, 6) is 2.01. The normalized spacial score (nSPS) is 18.9. The number of halogens is 3. The average molecular weight is 461 g/mol. The second-order valence-electron chi connectivity index (χ2n) is 9.68. The Labute approximate surface area is 197 Å². The molecule has 0 unspecified atom stereocenters. The van der Waals surface area contributed by atoms with E-state index in [1.807, 2.05) is 0 Å². The molecule has 1 fully saturated rings. The lowest BCUT2D eigenvalue weighted by molar-refractivity contribution is -0.137. The highest BCUT2D eigenvalue weighted by atomic mass is 19.4. The standard InChI is InChI=1S/C29H39F3O/c1-2-3-4-5-6-7-8-9-23-10-14-25(15-11-23)26-16-12-24(13-17-26)22-33-28-20-18-27(19-21-28)29(30,31)32/h12-13,16-21,23,25H,2-11,14-15,22H2,1H3. The van der Waals surface area contributed by atoms with Gasteiger partial charge in [-0.05, 0) is 72.9 Å². The molecule has 0 heterocycles. The zero-order valence-corrected chi connectivity index (χ0v) is 20.0. The number of alkyl halides is 3. The molecular weight excluding hydrogens is 421 g/mol. The summed E-state index contributed by atoms with van der Waals surface area (Å²) in [5, 5.41) is 0. The Kier molecular flexibility index (Phi) is 10.1. The molecule has 0 atom stereocenters. The van der Waals surface area contributed by atoms with Crippen LogP contribution in [-0.2, 0) is 12.8 Å². The van der Waals surface area contributed by atoms with Gasteiger partial charge >= 0.3 is 6.18 Å². The highest BCUT2D eigenvalue weighted by Crippen LogP contribution is 2.38. The van der Waals surface area contributed by atoms with Crippen LogP contribution in [0.1, 0.15) is 107 Å². The van der Waals surface area contributed by atoms with Crippen LogP contribution in [0.4, 0.5) is 13.2 Å². The van der Waals surface area contributed by atoms with Crippen molar-refractivity contribution in [3.8, 4) is 5.75 Å². The maximum Gasteiger partial charge on any atom is 0.416 e. The van der Waals surface area contributed by atoms with Gasteiger partial charge in [0, 0.05) is 0 Å². The molecule has 4 heteroatoms. The second kappa shape index (κ2) is 13.1. The van der Waals surface area contributed by atoms with Gasteiger partial charge in [0.05, 0.1) is 5.56 Å². The lowest BCUT2D eigenvalue weighted by atomic mass is 9.77. The maximum absolute atomic E-state index is 12.7. The Morgan fingerprint density at radius 2 is 1.36 bits per heavy atom. The van der Waals surface area contributed by atoms with Gasteiger partial charge in [0.25, 0.3) is 0 Å². The SMILES string of the molecule is CCCCCCCCCC1CCC(c2ccc(COc3ccc(C(F)(F)F)cc3)cc2)CC1. The molecule has 0 aliphatic heterocycles. The first-order chi connectivity index (χ1) is 16.0. The van der Waals surface area contributed by atoms with Gasteiger partial charge in [-0.3, -0.25) is 0 Å². The molecule has 0 amide bonds. The zero-order chi connectivity index (χ0) is 23.5. The van der Waals surface area contributed by atoms with Gasteiger partial charge in [-0.15, -0.1) is 0 Å². The van der Waals surface area contributed by atoms with Gasteiger partial charge in [0.2, 0.25) is 0 Å². The lowest BCUT2D eigenvalue weighted by Crippen LogP contribution is -2.13. The minimum absolute atomic E-state index is 0.358. The molecule has 1 nitrogen and oxygen atoms in total. The maximum atomic E-state index is 12.7. The molecule has 182 valence electrons. The minimum atomic E-state index is -4.32. The van der Waals surface area contributed by atoms with Gasteiger partial charge in [-0.1, -0.05) is 82.6 Å². The molecule has 0 N–H and O–H groups in total. The van der Waals surface area contributed by atoms with E-state index in [0.717, 1.165) is 23.6 Å². The van der Waals surface area contributed by atoms with Crippen molar-refractivity contribution in [2.24, 2.45) is 5.92 Å². The van der Waals surface area contributed by atoms with E-state index in [2.05, 4.69) is 31.2 Å². The number of hydrogen-bond acceptors (Lipinski definition) is 1. The van der Waals surface area contributed by atoms with E-state index in [4.69, 9.17) is 4.74 Å². The second-order valence-corrected chi connectivity index (χ2v) is 9.68. The van der Waals surface area contributed by atoms with Crippen LogP contribution < -0.4 is 4.74 Å². The molecule has 0 spiro atoms. The van der Waals surface area contributed by atoms with Crippen molar-refractivity contribution in [2.75, 3.05) is 0 Å². The number of hydrogen-bond donors (Lipinski definition) is 0. The van der Waals surface area contributed by atoms with Crippen LogP contribution in [0.2, 0.25) is 0 Å². The first-order valence-corrected chi connectivity index (χ1v) is 12.8. The van der Waals surface area contributed by atoms with Crippen LogP contribution >= 0.6 is 0 Å². The van der Waals surface area contributed by atoms with Crippen LogP contribution in [0.15, 0.2) is 48.5 Å². The highest BCUT2D eigenvalue weighted by Gasteiger charge is 2.30. The summed E-state index contributed by atoms with van der Waals surface area (Å²) in [6.07, 6.45) is 12.1. The van der Waals surface area contributed by atoms with E-state index < -0.39 is 11.7 Å². The van der Waals surface area contributed by atoms with Crippen molar-refractivity contribution >= 4 is 0 Å². The topological polar surface area (TPSA) is 9.23 Å². The lowest BCUT2D eigenvalue weighted by Gasteiger charge is -2.29. The van der Waals surface area contributed by atoms with E-state index in [0.29, 0.717) is 18.3 Å². The van der Waals surface area contributed by atoms with Gasteiger partial charge in [0.15, 0.2) is 0 Å². The fourth-order valence-corrected chi connectivity index (χ4v) is 4.97. The predicted octanol–water partition coefficient (Wildman–Crippen LogP) is 9.70. The first-order valence-electron chi connectivity index (χ1n) is 12.8.